The van der Waals surface area contributed by atoms with E-state index in [-0.39, 0.29) is 0 Å². The predicted molar refractivity (Wildman–Crippen MR) is 57.1 cm³/mol. The molecule has 1 heterocycles. The highest BCUT2D eigenvalue weighted by Crippen LogP contribution is 2.20. The molecule has 1 saturated carbocycles. The third-order valence-corrected chi connectivity index (χ3v) is 2.84. The highest BCUT2D eigenvalue weighted by molar-refractivity contribution is 5.33. The number of nitrogens with one attached hydrogen (secondary N) is 1. The molecular weight excluding hydrogens is 176 g/mol. The summed E-state index contributed by atoms with van der Waals surface area (Å²) in [6.45, 7) is 0. The van der Waals surface area contributed by atoms with Crippen LogP contribution in [0.3, 0.4) is 0 Å². The van der Waals surface area contributed by atoms with E-state index in [2.05, 4.69) is 10.4 Å². The van der Waals surface area contributed by atoms with Gasteiger partial charge in [0.25, 0.3) is 0 Å². The molecule has 0 atom stereocenters. The van der Waals surface area contributed by atoms with Crippen LogP contribution in [0, 0.1) is 0 Å². The summed E-state index contributed by atoms with van der Waals surface area (Å²) in [6.07, 6.45) is 6.54. The average molecular weight is 194 g/mol. The van der Waals surface area contributed by atoms with E-state index in [1.165, 1.54) is 0 Å². The van der Waals surface area contributed by atoms with E-state index < -0.39 is 0 Å². The lowest BCUT2D eigenvalue weighted by Crippen LogP contribution is -2.32. The van der Waals surface area contributed by atoms with E-state index in [0.29, 0.717) is 12.1 Å². The molecule has 4 heteroatoms. The minimum absolute atomic E-state index is 0.414. The maximum absolute atomic E-state index is 5.85. The first-order chi connectivity index (χ1) is 6.74. The Morgan fingerprint density at radius 2 is 2.14 bits per heavy atom. The second-order valence-electron chi connectivity index (χ2n) is 4.13. The van der Waals surface area contributed by atoms with E-state index >= 15 is 0 Å². The first kappa shape index (κ1) is 9.52. The summed E-state index contributed by atoms with van der Waals surface area (Å²) in [7, 11) is 1.93. The van der Waals surface area contributed by atoms with Crippen LogP contribution in [0.2, 0.25) is 0 Å². The minimum Gasteiger partial charge on any atom is -0.366 e. The zero-order valence-electron chi connectivity index (χ0n) is 8.61. The molecule has 0 aliphatic heterocycles. The summed E-state index contributed by atoms with van der Waals surface area (Å²) in [5.41, 5.74) is 5.85. The van der Waals surface area contributed by atoms with Crippen molar-refractivity contribution in [1.29, 1.82) is 0 Å². The van der Waals surface area contributed by atoms with Crippen LogP contribution in [-0.2, 0) is 7.05 Å². The smallest absolute Gasteiger partial charge is 0.148 e. The number of aromatic nitrogens is 2. The third-order valence-electron chi connectivity index (χ3n) is 2.84. The summed E-state index contributed by atoms with van der Waals surface area (Å²) >= 11 is 0. The van der Waals surface area contributed by atoms with Crippen LogP contribution in [0.15, 0.2) is 12.3 Å². The fourth-order valence-electron chi connectivity index (χ4n) is 1.96. The molecular formula is C10H18N4. The molecule has 0 radical (unpaired) electrons. The topological polar surface area (TPSA) is 55.9 Å². The molecule has 78 valence electrons. The van der Waals surface area contributed by atoms with Gasteiger partial charge in [-0.05, 0) is 25.7 Å². The van der Waals surface area contributed by atoms with Crippen molar-refractivity contribution in [3.63, 3.8) is 0 Å². The van der Waals surface area contributed by atoms with Crippen molar-refractivity contribution < 1.29 is 0 Å². The number of aryl methyl sites for hydroxylation is 1. The van der Waals surface area contributed by atoms with Crippen LogP contribution in [0.1, 0.15) is 25.7 Å². The largest absolute Gasteiger partial charge is 0.366 e. The first-order valence-electron chi connectivity index (χ1n) is 5.26. The maximum Gasteiger partial charge on any atom is 0.148 e. The van der Waals surface area contributed by atoms with Gasteiger partial charge in [-0.25, -0.2) is 0 Å². The second-order valence-corrected chi connectivity index (χ2v) is 4.13. The average Bonchev–Trinajstić information content (AvgIpc) is 2.56. The molecule has 1 fully saturated rings. The van der Waals surface area contributed by atoms with E-state index in [4.69, 9.17) is 5.73 Å². The Balaban J connectivity index is 1.86. The molecule has 14 heavy (non-hydrogen) atoms. The van der Waals surface area contributed by atoms with Crippen LogP contribution in [0.4, 0.5) is 5.82 Å². The van der Waals surface area contributed by atoms with E-state index in [1.807, 2.05) is 24.0 Å². The van der Waals surface area contributed by atoms with Gasteiger partial charge in [-0.3, -0.25) is 4.68 Å². The van der Waals surface area contributed by atoms with Crippen molar-refractivity contribution in [2.45, 2.75) is 37.8 Å². The Hall–Kier alpha value is -1.03. The van der Waals surface area contributed by atoms with Gasteiger partial charge in [-0.15, -0.1) is 0 Å². The lowest BCUT2D eigenvalue weighted by Gasteiger charge is -2.26. The summed E-state index contributed by atoms with van der Waals surface area (Å²) < 4.78 is 1.82. The van der Waals surface area contributed by atoms with Crippen molar-refractivity contribution >= 4 is 5.82 Å². The molecule has 2 rings (SSSR count). The third kappa shape index (κ3) is 2.26. The van der Waals surface area contributed by atoms with Crippen molar-refractivity contribution in [2.75, 3.05) is 5.32 Å². The monoisotopic (exact) mass is 194 g/mol. The number of hydrogen-bond donors (Lipinski definition) is 2. The standard InChI is InChI=1S/C10H18N4/c1-14-7-6-10(13-14)12-9-4-2-8(11)3-5-9/h6-9H,2-5,11H2,1H3,(H,12,13). The van der Waals surface area contributed by atoms with Gasteiger partial charge >= 0.3 is 0 Å². The molecule has 0 bridgehead atoms. The maximum atomic E-state index is 5.85. The predicted octanol–water partition coefficient (Wildman–Crippen LogP) is 1.10. The van der Waals surface area contributed by atoms with Crippen LogP contribution in [0.5, 0.6) is 0 Å². The Kier molecular flexibility index (Phi) is 2.72. The van der Waals surface area contributed by atoms with E-state index in [0.717, 1.165) is 31.5 Å². The minimum atomic E-state index is 0.414. The van der Waals surface area contributed by atoms with Crippen molar-refractivity contribution in [3.8, 4) is 0 Å². The zero-order valence-corrected chi connectivity index (χ0v) is 8.61. The Bertz CT molecular complexity index is 286. The van der Waals surface area contributed by atoms with Gasteiger partial charge in [0.15, 0.2) is 0 Å². The van der Waals surface area contributed by atoms with Gasteiger partial charge in [0.1, 0.15) is 5.82 Å². The van der Waals surface area contributed by atoms with E-state index in [1.54, 1.807) is 0 Å². The number of hydrogen-bond acceptors (Lipinski definition) is 3. The highest BCUT2D eigenvalue weighted by atomic mass is 15.3. The normalized spacial score (nSPS) is 27.6. The van der Waals surface area contributed by atoms with Crippen molar-refractivity contribution in [2.24, 2.45) is 12.8 Å². The summed E-state index contributed by atoms with van der Waals surface area (Å²) in [6, 6.07) is 2.98. The van der Waals surface area contributed by atoms with Crippen LogP contribution in [-0.4, -0.2) is 21.9 Å². The Labute approximate surface area is 84.5 Å². The van der Waals surface area contributed by atoms with Gasteiger partial charge < -0.3 is 11.1 Å². The number of rotatable bonds is 2. The van der Waals surface area contributed by atoms with Crippen LogP contribution >= 0.6 is 0 Å². The second kappa shape index (κ2) is 4.00. The molecule has 0 spiro atoms. The quantitative estimate of drug-likeness (QED) is 0.741. The summed E-state index contributed by atoms with van der Waals surface area (Å²) in [5, 5.41) is 7.73. The zero-order chi connectivity index (χ0) is 9.97. The van der Waals surface area contributed by atoms with Crippen LogP contribution < -0.4 is 11.1 Å². The molecule has 0 unspecified atom stereocenters. The van der Waals surface area contributed by atoms with Gasteiger partial charge in [-0.1, -0.05) is 0 Å². The number of nitrogens with zero attached hydrogens (tertiary/aromatic N) is 2. The van der Waals surface area contributed by atoms with Crippen LogP contribution in [0.25, 0.3) is 0 Å². The highest BCUT2D eigenvalue weighted by Gasteiger charge is 2.18. The van der Waals surface area contributed by atoms with E-state index in [9.17, 15) is 0 Å². The molecule has 1 aromatic rings. The molecule has 0 saturated heterocycles. The summed E-state index contributed by atoms with van der Waals surface area (Å²) in [4.78, 5) is 0. The SMILES string of the molecule is Cn1ccc(NC2CCC(N)CC2)n1. The molecule has 3 N–H and O–H groups in total. The number of anilines is 1. The van der Waals surface area contributed by atoms with Gasteiger partial charge in [0, 0.05) is 31.4 Å². The molecule has 0 aromatic carbocycles. The van der Waals surface area contributed by atoms with Gasteiger partial charge in [-0.2, -0.15) is 5.10 Å². The molecule has 4 nitrogen and oxygen atoms in total. The van der Waals surface area contributed by atoms with Gasteiger partial charge in [0.2, 0.25) is 0 Å². The lowest BCUT2D eigenvalue weighted by molar-refractivity contribution is 0.410. The fourth-order valence-corrected chi connectivity index (χ4v) is 1.96. The van der Waals surface area contributed by atoms with Gasteiger partial charge in [0.05, 0.1) is 0 Å². The Morgan fingerprint density at radius 3 is 2.71 bits per heavy atom. The first-order valence-corrected chi connectivity index (χ1v) is 5.26. The molecule has 0 amide bonds. The molecule has 1 aliphatic rings. The fraction of sp³-hybridized carbons (Fsp3) is 0.700. The van der Waals surface area contributed by atoms with Crippen molar-refractivity contribution in [1.82, 2.24) is 9.78 Å². The summed E-state index contributed by atoms with van der Waals surface area (Å²) in [5.74, 6) is 0.980. The Morgan fingerprint density at radius 1 is 1.43 bits per heavy atom. The molecule has 1 aromatic heterocycles. The number of nitrogens with two attached hydrogens (primary N) is 1. The molecule has 1 aliphatic carbocycles. The lowest BCUT2D eigenvalue weighted by atomic mass is 9.92. The van der Waals surface area contributed by atoms with Crippen molar-refractivity contribution in [3.05, 3.63) is 12.3 Å².